The van der Waals surface area contributed by atoms with Crippen molar-refractivity contribution >= 4 is 5.91 Å². The number of aryl methyl sites for hydroxylation is 1. The van der Waals surface area contributed by atoms with Crippen LogP contribution >= 0.6 is 0 Å². The third-order valence-corrected chi connectivity index (χ3v) is 6.26. The fourth-order valence-corrected chi connectivity index (χ4v) is 4.42. The monoisotopic (exact) mass is 416 g/mol. The number of benzene rings is 2. The predicted octanol–water partition coefficient (Wildman–Crippen LogP) is 4.35. The zero-order valence-corrected chi connectivity index (χ0v) is 17.8. The molecule has 31 heavy (non-hydrogen) atoms. The van der Waals surface area contributed by atoms with E-state index in [0.29, 0.717) is 18.2 Å². The van der Waals surface area contributed by atoms with Gasteiger partial charge in [0.05, 0.1) is 17.5 Å². The molecule has 1 aliphatic heterocycles. The van der Waals surface area contributed by atoms with Gasteiger partial charge in [-0.1, -0.05) is 53.2 Å². The molecule has 3 aromatic rings. The van der Waals surface area contributed by atoms with Crippen LogP contribution in [0.15, 0.2) is 54.6 Å². The normalized spacial score (nSPS) is 21.1. The van der Waals surface area contributed by atoms with Gasteiger partial charge in [0.25, 0.3) is 5.91 Å². The molecule has 2 heterocycles. The lowest BCUT2D eigenvalue weighted by atomic mass is 9.89. The van der Waals surface area contributed by atoms with Crippen LogP contribution in [0.5, 0.6) is 0 Å². The van der Waals surface area contributed by atoms with Gasteiger partial charge in [0.2, 0.25) is 0 Å². The van der Waals surface area contributed by atoms with Crippen molar-refractivity contribution in [3.8, 4) is 5.69 Å². The molecule has 2 aromatic carbocycles. The Morgan fingerprint density at radius 2 is 1.87 bits per heavy atom. The van der Waals surface area contributed by atoms with Crippen LogP contribution in [-0.2, 0) is 4.74 Å². The lowest BCUT2D eigenvalue weighted by Crippen LogP contribution is -2.35. The first-order valence-corrected chi connectivity index (χ1v) is 11.2. The number of rotatable bonds is 6. The number of ether oxygens (including phenoxy) is 1. The molecule has 2 unspecified atom stereocenters. The number of carbonyl (C=O) groups excluding carboxylic acids is 1. The van der Waals surface area contributed by atoms with Crippen molar-refractivity contribution < 1.29 is 9.53 Å². The van der Waals surface area contributed by atoms with Gasteiger partial charge >= 0.3 is 0 Å². The second-order valence-electron chi connectivity index (χ2n) is 8.66. The molecule has 0 bridgehead atoms. The van der Waals surface area contributed by atoms with Crippen molar-refractivity contribution in [2.45, 2.75) is 44.6 Å². The maximum Gasteiger partial charge on any atom is 0.273 e. The molecule has 1 saturated heterocycles. The summed E-state index contributed by atoms with van der Waals surface area (Å²) in [6.07, 6.45) is 4.21. The highest BCUT2D eigenvalue weighted by Gasteiger charge is 2.35. The van der Waals surface area contributed by atoms with Gasteiger partial charge in [-0.2, -0.15) is 0 Å². The average Bonchev–Trinajstić information content (AvgIpc) is 3.56. The summed E-state index contributed by atoms with van der Waals surface area (Å²) in [6, 6.07) is 18.5. The number of aromatic nitrogens is 3. The predicted molar refractivity (Wildman–Crippen MR) is 118 cm³/mol. The van der Waals surface area contributed by atoms with Crippen molar-refractivity contribution in [2.24, 2.45) is 5.92 Å². The molecule has 1 aliphatic carbocycles. The molecule has 6 heteroatoms. The topological polar surface area (TPSA) is 69.0 Å². The maximum absolute atomic E-state index is 13.1. The van der Waals surface area contributed by atoms with Crippen molar-refractivity contribution in [3.05, 3.63) is 77.1 Å². The quantitative estimate of drug-likeness (QED) is 0.649. The zero-order valence-electron chi connectivity index (χ0n) is 17.8. The standard InChI is InChI=1S/C25H28N4O2/c1-17-9-13-21(14-10-17)29-23(18-11-12-18)22(27-28-29)25(30)26-16-20-8-5-15-31-24(20)19-6-3-2-4-7-19/h2-4,6-7,9-10,13-14,18,20,24H,5,8,11-12,15-16H2,1H3,(H,26,30). The Hall–Kier alpha value is -2.99. The van der Waals surface area contributed by atoms with Gasteiger partial charge < -0.3 is 10.1 Å². The molecule has 0 spiro atoms. The van der Waals surface area contributed by atoms with Gasteiger partial charge in [-0.15, -0.1) is 5.10 Å². The number of hydrogen-bond donors (Lipinski definition) is 1. The minimum atomic E-state index is -0.141. The largest absolute Gasteiger partial charge is 0.373 e. The van der Waals surface area contributed by atoms with E-state index in [1.165, 1.54) is 11.1 Å². The first-order chi connectivity index (χ1) is 15.2. The Bertz CT molecular complexity index is 1040. The fraction of sp³-hybridized carbons (Fsp3) is 0.400. The second kappa shape index (κ2) is 8.63. The Balaban J connectivity index is 1.33. The highest BCUT2D eigenvalue weighted by molar-refractivity contribution is 5.93. The van der Waals surface area contributed by atoms with Crippen molar-refractivity contribution in [2.75, 3.05) is 13.2 Å². The molecule has 2 fully saturated rings. The van der Waals surface area contributed by atoms with E-state index < -0.39 is 0 Å². The van der Waals surface area contributed by atoms with Gasteiger partial charge in [-0.05, 0) is 50.3 Å². The Kier molecular flexibility index (Phi) is 5.55. The molecule has 160 valence electrons. The van der Waals surface area contributed by atoms with Gasteiger partial charge in [0.15, 0.2) is 5.69 Å². The van der Waals surface area contributed by atoms with Gasteiger partial charge in [0.1, 0.15) is 0 Å². The van der Waals surface area contributed by atoms with Crippen LogP contribution in [0.3, 0.4) is 0 Å². The molecule has 2 aliphatic rings. The summed E-state index contributed by atoms with van der Waals surface area (Å²) < 4.78 is 7.91. The van der Waals surface area contributed by atoms with E-state index in [1.54, 1.807) is 0 Å². The molecule has 5 rings (SSSR count). The van der Waals surface area contributed by atoms with E-state index in [1.807, 2.05) is 35.0 Å². The number of amides is 1. The molecule has 6 nitrogen and oxygen atoms in total. The highest BCUT2D eigenvalue weighted by Crippen LogP contribution is 2.42. The van der Waals surface area contributed by atoms with Crippen molar-refractivity contribution in [3.63, 3.8) is 0 Å². The van der Waals surface area contributed by atoms with E-state index in [-0.39, 0.29) is 17.9 Å². The lowest BCUT2D eigenvalue weighted by molar-refractivity contribution is -0.0272. The van der Waals surface area contributed by atoms with Crippen LogP contribution in [0.4, 0.5) is 0 Å². The van der Waals surface area contributed by atoms with E-state index in [4.69, 9.17) is 4.74 Å². The summed E-state index contributed by atoms with van der Waals surface area (Å²) in [5.74, 6) is 0.460. The van der Waals surface area contributed by atoms with E-state index in [0.717, 1.165) is 43.7 Å². The van der Waals surface area contributed by atoms with Gasteiger partial charge in [0, 0.05) is 25.0 Å². The number of nitrogens with one attached hydrogen (secondary N) is 1. The molecular formula is C25H28N4O2. The van der Waals surface area contributed by atoms with Gasteiger partial charge in [-0.25, -0.2) is 4.68 Å². The number of hydrogen-bond acceptors (Lipinski definition) is 4. The van der Waals surface area contributed by atoms with Crippen LogP contribution in [0.25, 0.3) is 5.69 Å². The summed E-state index contributed by atoms with van der Waals surface area (Å²) in [4.78, 5) is 13.1. The third-order valence-electron chi connectivity index (χ3n) is 6.26. The first-order valence-electron chi connectivity index (χ1n) is 11.2. The molecule has 1 saturated carbocycles. The summed E-state index contributed by atoms with van der Waals surface area (Å²) in [5.41, 5.74) is 4.70. The second-order valence-corrected chi connectivity index (χ2v) is 8.66. The third kappa shape index (κ3) is 4.26. The molecule has 1 amide bonds. The summed E-state index contributed by atoms with van der Waals surface area (Å²) in [7, 11) is 0. The van der Waals surface area contributed by atoms with E-state index in [9.17, 15) is 4.79 Å². The van der Waals surface area contributed by atoms with Crippen molar-refractivity contribution in [1.82, 2.24) is 20.3 Å². The van der Waals surface area contributed by atoms with Gasteiger partial charge in [-0.3, -0.25) is 4.79 Å². The maximum atomic E-state index is 13.1. The number of nitrogens with zero attached hydrogens (tertiary/aromatic N) is 3. The fourth-order valence-electron chi connectivity index (χ4n) is 4.42. The Morgan fingerprint density at radius 3 is 2.61 bits per heavy atom. The zero-order chi connectivity index (χ0) is 21.2. The molecule has 0 radical (unpaired) electrons. The Morgan fingerprint density at radius 1 is 1.10 bits per heavy atom. The lowest BCUT2D eigenvalue weighted by Gasteiger charge is -2.32. The smallest absolute Gasteiger partial charge is 0.273 e. The van der Waals surface area contributed by atoms with Crippen LogP contribution in [0.2, 0.25) is 0 Å². The SMILES string of the molecule is Cc1ccc(-n2nnc(C(=O)NCC3CCCOC3c3ccccc3)c2C2CC2)cc1. The summed E-state index contributed by atoms with van der Waals surface area (Å²) in [5, 5.41) is 11.8. The molecule has 1 aromatic heterocycles. The van der Waals surface area contributed by atoms with E-state index in [2.05, 4.69) is 46.8 Å². The summed E-state index contributed by atoms with van der Waals surface area (Å²) >= 11 is 0. The highest BCUT2D eigenvalue weighted by atomic mass is 16.5. The summed E-state index contributed by atoms with van der Waals surface area (Å²) in [6.45, 7) is 3.39. The molecule has 1 N–H and O–H groups in total. The van der Waals surface area contributed by atoms with Crippen LogP contribution in [0.1, 0.15) is 65.0 Å². The minimum Gasteiger partial charge on any atom is -0.373 e. The van der Waals surface area contributed by atoms with Crippen LogP contribution < -0.4 is 5.32 Å². The van der Waals surface area contributed by atoms with Crippen molar-refractivity contribution in [1.29, 1.82) is 0 Å². The van der Waals surface area contributed by atoms with Crippen LogP contribution in [-0.4, -0.2) is 34.1 Å². The van der Waals surface area contributed by atoms with E-state index >= 15 is 0 Å². The molecular weight excluding hydrogens is 388 g/mol. The average molecular weight is 417 g/mol. The molecule has 2 atom stereocenters. The van der Waals surface area contributed by atoms with Crippen LogP contribution in [0, 0.1) is 12.8 Å². The number of carbonyl (C=O) groups is 1. The first kappa shape index (κ1) is 19.9. The Labute approximate surface area is 182 Å². The minimum absolute atomic E-state index is 0.0152.